The maximum Gasteiger partial charge on any atom is 0.191 e. The van der Waals surface area contributed by atoms with E-state index in [1.165, 1.54) is 11.1 Å². The minimum Gasteiger partial charge on any atom is -0.493 e. The van der Waals surface area contributed by atoms with Crippen molar-refractivity contribution in [2.24, 2.45) is 4.99 Å². The zero-order valence-corrected chi connectivity index (χ0v) is 19.5. The summed E-state index contributed by atoms with van der Waals surface area (Å²) >= 11 is 1.93. The molecule has 1 saturated heterocycles. The third kappa shape index (κ3) is 6.42. The van der Waals surface area contributed by atoms with Gasteiger partial charge in [-0.05, 0) is 49.6 Å². The van der Waals surface area contributed by atoms with Gasteiger partial charge in [-0.2, -0.15) is 11.8 Å². The molecule has 1 aromatic rings. The molecule has 0 aliphatic carbocycles. The second kappa shape index (κ2) is 11.4. The molecule has 2 aliphatic heterocycles. The van der Waals surface area contributed by atoms with Crippen LogP contribution in [-0.2, 0) is 17.6 Å². The zero-order chi connectivity index (χ0) is 18.2. The number of rotatable bonds is 7. The van der Waals surface area contributed by atoms with Gasteiger partial charge >= 0.3 is 0 Å². The third-order valence-corrected chi connectivity index (χ3v) is 6.57. The Kier molecular flexibility index (Phi) is 9.52. The molecule has 152 valence electrons. The number of guanidine groups is 1. The third-order valence-electron chi connectivity index (χ3n) is 5.17. The topological polar surface area (TPSA) is 54.9 Å². The van der Waals surface area contributed by atoms with Crippen LogP contribution >= 0.6 is 35.7 Å². The van der Waals surface area contributed by atoms with Crippen LogP contribution < -0.4 is 15.4 Å². The molecular formula is C20H32IN3O2S. The van der Waals surface area contributed by atoms with Gasteiger partial charge in [-0.15, -0.1) is 24.0 Å². The summed E-state index contributed by atoms with van der Waals surface area (Å²) in [6, 6.07) is 6.55. The SMILES string of the molecule is CCNC(=NCC1(SC)CCOCC1)NCCc1ccc2c(c1)CCO2.I. The first-order valence-corrected chi connectivity index (χ1v) is 10.9. The van der Waals surface area contributed by atoms with E-state index in [-0.39, 0.29) is 28.7 Å². The van der Waals surface area contributed by atoms with Crippen molar-refractivity contribution in [2.45, 2.75) is 37.4 Å². The molecule has 0 aromatic heterocycles. The van der Waals surface area contributed by atoms with Gasteiger partial charge in [0.05, 0.1) is 13.2 Å². The van der Waals surface area contributed by atoms with Crippen LogP contribution in [-0.4, -0.2) is 56.4 Å². The summed E-state index contributed by atoms with van der Waals surface area (Å²) in [6.45, 7) is 7.21. The molecule has 2 aliphatic rings. The van der Waals surface area contributed by atoms with E-state index in [0.29, 0.717) is 0 Å². The number of hydrogen-bond donors (Lipinski definition) is 2. The van der Waals surface area contributed by atoms with Crippen molar-refractivity contribution in [3.63, 3.8) is 0 Å². The van der Waals surface area contributed by atoms with E-state index < -0.39 is 0 Å². The van der Waals surface area contributed by atoms with E-state index in [1.54, 1.807) is 0 Å². The molecule has 2 heterocycles. The summed E-state index contributed by atoms with van der Waals surface area (Å²) in [5, 5.41) is 6.85. The summed E-state index contributed by atoms with van der Waals surface area (Å²) in [6.07, 6.45) is 6.36. The highest BCUT2D eigenvalue weighted by Crippen LogP contribution is 2.34. The lowest BCUT2D eigenvalue weighted by molar-refractivity contribution is 0.0794. The van der Waals surface area contributed by atoms with Crippen LogP contribution in [0.2, 0.25) is 0 Å². The minimum absolute atomic E-state index is 0. The van der Waals surface area contributed by atoms with Crippen molar-refractivity contribution in [1.82, 2.24) is 10.6 Å². The molecule has 5 nitrogen and oxygen atoms in total. The number of aliphatic imine (C=N–C) groups is 1. The summed E-state index contributed by atoms with van der Waals surface area (Å²) < 4.78 is 11.3. The number of fused-ring (bicyclic) bond motifs is 1. The van der Waals surface area contributed by atoms with Gasteiger partial charge in [0.2, 0.25) is 0 Å². The van der Waals surface area contributed by atoms with Crippen molar-refractivity contribution in [2.75, 3.05) is 45.7 Å². The molecular weight excluding hydrogens is 473 g/mol. The number of nitrogens with zero attached hydrogens (tertiary/aromatic N) is 1. The highest BCUT2D eigenvalue weighted by atomic mass is 127. The van der Waals surface area contributed by atoms with Crippen LogP contribution in [0.4, 0.5) is 0 Å². The van der Waals surface area contributed by atoms with E-state index in [1.807, 2.05) is 11.8 Å². The molecule has 0 unspecified atom stereocenters. The lowest BCUT2D eigenvalue weighted by atomic mass is 9.99. The Bertz CT molecular complexity index is 621. The number of halogens is 1. The van der Waals surface area contributed by atoms with E-state index in [4.69, 9.17) is 14.5 Å². The predicted octanol–water partition coefficient (Wildman–Crippen LogP) is 3.25. The van der Waals surface area contributed by atoms with Crippen LogP contribution in [0, 0.1) is 0 Å². The van der Waals surface area contributed by atoms with Gasteiger partial charge in [-0.3, -0.25) is 4.99 Å². The maximum absolute atomic E-state index is 5.58. The lowest BCUT2D eigenvalue weighted by Gasteiger charge is -2.34. The Morgan fingerprint density at radius 1 is 1.22 bits per heavy atom. The number of hydrogen-bond acceptors (Lipinski definition) is 4. The molecule has 1 aromatic carbocycles. The van der Waals surface area contributed by atoms with Gasteiger partial charge in [0.1, 0.15) is 5.75 Å². The molecule has 0 radical (unpaired) electrons. The fourth-order valence-corrected chi connectivity index (χ4v) is 4.22. The summed E-state index contributed by atoms with van der Waals surface area (Å²) in [4.78, 5) is 4.87. The van der Waals surface area contributed by atoms with Crippen molar-refractivity contribution in [3.05, 3.63) is 29.3 Å². The standard InChI is InChI=1S/C20H31N3O2S.HI/c1-3-21-19(23-15-20(26-2)8-12-24-13-9-20)22-10-6-16-4-5-18-17(14-16)7-11-25-18;/h4-5,14H,3,6-13,15H2,1-2H3,(H2,21,22,23);1H. The largest absolute Gasteiger partial charge is 0.493 e. The maximum atomic E-state index is 5.58. The van der Waals surface area contributed by atoms with Gasteiger partial charge in [0.25, 0.3) is 0 Å². The van der Waals surface area contributed by atoms with Gasteiger partial charge in [0, 0.05) is 37.5 Å². The fourth-order valence-electron chi connectivity index (χ4n) is 3.46. The molecule has 3 rings (SSSR count). The molecule has 0 saturated carbocycles. The van der Waals surface area contributed by atoms with Gasteiger partial charge < -0.3 is 20.1 Å². The normalized spacial score (nSPS) is 18.2. The average molecular weight is 505 g/mol. The Morgan fingerprint density at radius 3 is 2.78 bits per heavy atom. The second-order valence-electron chi connectivity index (χ2n) is 6.91. The van der Waals surface area contributed by atoms with Gasteiger partial charge in [-0.25, -0.2) is 0 Å². The number of benzene rings is 1. The van der Waals surface area contributed by atoms with Crippen molar-refractivity contribution < 1.29 is 9.47 Å². The van der Waals surface area contributed by atoms with Gasteiger partial charge in [0.15, 0.2) is 5.96 Å². The molecule has 0 bridgehead atoms. The Morgan fingerprint density at radius 2 is 2.04 bits per heavy atom. The average Bonchev–Trinajstić information content (AvgIpc) is 3.15. The smallest absolute Gasteiger partial charge is 0.191 e. The first kappa shape index (κ1) is 22.6. The molecule has 0 atom stereocenters. The summed E-state index contributed by atoms with van der Waals surface area (Å²) in [7, 11) is 0. The monoisotopic (exact) mass is 505 g/mol. The number of ether oxygens (including phenoxy) is 2. The predicted molar refractivity (Wildman–Crippen MR) is 125 cm³/mol. The lowest BCUT2D eigenvalue weighted by Crippen LogP contribution is -2.41. The van der Waals surface area contributed by atoms with Crippen molar-refractivity contribution in [3.8, 4) is 5.75 Å². The van der Waals surface area contributed by atoms with E-state index >= 15 is 0 Å². The molecule has 7 heteroatoms. The fraction of sp³-hybridized carbons (Fsp3) is 0.650. The van der Waals surface area contributed by atoms with E-state index in [9.17, 15) is 0 Å². The van der Waals surface area contributed by atoms with Crippen molar-refractivity contribution >= 4 is 41.7 Å². The first-order chi connectivity index (χ1) is 12.7. The molecule has 27 heavy (non-hydrogen) atoms. The molecule has 0 amide bonds. The van der Waals surface area contributed by atoms with Crippen LogP contribution in [0.1, 0.15) is 30.9 Å². The Hall–Kier alpha value is -0.670. The van der Waals surface area contributed by atoms with Gasteiger partial charge in [-0.1, -0.05) is 12.1 Å². The summed E-state index contributed by atoms with van der Waals surface area (Å²) in [5.41, 5.74) is 2.69. The van der Waals surface area contributed by atoms with E-state index in [0.717, 1.165) is 76.8 Å². The minimum atomic E-state index is 0. The summed E-state index contributed by atoms with van der Waals surface area (Å²) in [5.74, 6) is 1.97. The molecule has 1 fully saturated rings. The Labute approximate surface area is 184 Å². The molecule has 0 spiro atoms. The van der Waals surface area contributed by atoms with Crippen LogP contribution in [0.5, 0.6) is 5.75 Å². The Balaban J connectivity index is 0.00000261. The highest BCUT2D eigenvalue weighted by Gasteiger charge is 2.31. The number of thioether (sulfide) groups is 1. The quantitative estimate of drug-likeness (QED) is 0.339. The highest BCUT2D eigenvalue weighted by molar-refractivity contribution is 14.0. The number of nitrogens with one attached hydrogen (secondary N) is 2. The van der Waals surface area contributed by atoms with Crippen molar-refractivity contribution in [1.29, 1.82) is 0 Å². The zero-order valence-electron chi connectivity index (χ0n) is 16.4. The second-order valence-corrected chi connectivity index (χ2v) is 8.19. The first-order valence-electron chi connectivity index (χ1n) is 9.64. The van der Waals surface area contributed by atoms with Crippen LogP contribution in [0.3, 0.4) is 0 Å². The van der Waals surface area contributed by atoms with E-state index in [2.05, 4.69) is 42.0 Å². The van der Waals surface area contributed by atoms with Crippen LogP contribution in [0.25, 0.3) is 0 Å². The van der Waals surface area contributed by atoms with Crippen LogP contribution in [0.15, 0.2) is 23.2 Å². The molecule has 2 N–H and O–H groups in total.